The molecule has 0 unspecified atom stereocenters. The first-order chi connectivity index (χ1) is 10.1. The monoisotopic (exact) mass is 283 g/mol. The molecule has 0 spiro atoms. The zero-order chi connectivity index (χ0) is 15.0. The van der Waals surface area contributed by atoms with Gasteiger partial charge in [-0.15, -0.1) is 0 Å². The molecule has 21 heavy (non-hydrogen) atoms. The molecule has 110 valence electrons. The summed E-state index contributed by atoms with van der Waals surface area (Å²) >= 11 is 0. The van der Waals surface area contributed by atoms with E-state index >= 15 is 0 Å². The van der Waals surface area contributed by atoms with E-state index < -0.39 is 0 Å². The first-order valence-corrected chi connectivity index (χ1v) is 7.34. The molecule has 0 aliphatic carbocycles. The molecule has 0 bridgehead atoms. The lowest BCUT2D eigenvalue weighted by molar-refractivity contribution is 0.704. The van der Waals surface area contributed by atoms with Gasteiger partial charge >= 0.3 is 0 Å². The van der Waals surface area contributed by atoms with Gasteiger partial charge in [-0.05, 0) is 31.0 Å². The Labute approximate surface area is 124 Å². The lowest BCUT2D eigenvalue weighted by atomic mass is 10.2. The first kappa shape index (κ1) is 13.8. The van der Waals surface area contributed by atoms with E-state index in [0.29, 0.717) is 6.54 Å². The predicted octanol–water partition coefficient (Wildman–Crippen LogP) is 2.61. The van der Waals surface area contributed by atoms with Crippen LogP contribution in [0.15, 0.2) is 24.4 Å². The second kappa shape index (κ2) is 5.33. The van der Waals surface area contributed by atoms with Crippen LogP contribution in [0.25, 0.3) is 22.4 Å². The second-order valence-electron chi connectivity index (χ2n) is 5.42. The number of hydrogen-bond donors (Lipinski definition) is 1. The quantitative estimate of drug-likeness (QED) is 0.800. The Kier molecular flexibility index (Phi) is 3.51. The highest BCUT2D eigenvalue weighted by Gasteiger charge is 2.16. The summed E-state index contributed by atoms with van der Waals surface area (Å²) in [5.41, 5.74) is 11.1. The fraction of sp³-hybridized carbons (Fsp3) is 0.375. The van der Waals surface area contributed by atoms with Crippen LogP contribution in [0.5, 0.6) is 0 Å². The average Bonchev–Trinajstić information content (AvgIpc) is 2.99. The van der Waals surface area contributed by atoms with Crippen LogP contribution >= 0.6 is 0 Å². The molecule has 0 amide bonds. The van der Waals surface area contributed by atoms with Crippen LogP contribution in [0.2, 0.25) is 0 Å². The molecule has 1 aromatic carbocycles. The standard InChI is InChI=1S/C16H21N5/c1-4-7-21-15-6-5-12(9-17)8-14(15)18-16(21)13-10-20(3)19-11(13)2/h5-6,8,10H,4,7,9,17H2,1-3H3. The fourth-order valence-corrected chi connectivity index (χ4v) is 2.78. The van der Waals surface area contributed by atoms with Crippen molar-refractivity contribution < 1.29 is 0 Å². The van der Waals surface area contributed by atoms with Crippen LogP contribution < -0.4 is 5.73 Å². The number of nitrogens with zero attached hydrogens (tertiary/aromatic N) is 4. The summed E-state index contributed by atoms with van der Waals surface area (Å²) in [6.07, 6.45) is 3.10. The number of fused-ring (bicyclic) bond motifs is 1. The number of rotatable bonds is 4. The molecule has 2 aromatic heterocycles. The SMILES string of the molecule is CCCn1c(-c2cn(C)nc2C)nc2cc(CN)ccc21. The van der Waals surface area contributed by atoms with Crippen molar-refractivity contribution in [2.45, 2.75) is 33.4 Å². The molecule has 2 N–H and O–H groups in total. The number of benzene rings is 1. The minimum atomic E-state index is 0.540. The Morgan fingerprint density at radius 1 is 1.29 bits per heavy atom. The molecule has 0 aliphatic heterocycles. The summed E-state index contributed by atoms with van der Waals surface area (Å²) in [4.78, 5) is 4.84. The predicted molar refractivity (Wildman–Crippen MR) is 84.9 cm³/mol. The smallest absolute Gasteiger partial charge is 0.144 e. The average molecular weight is 283 g/mol. The molecule has 0 atom stereocenters. The van der Waals surface area contributed by atoms with Gasteiger partial charge in [-0.3, -0.25) is 4.68 Å². The lowest BCUT2D eigenvalue weighted by Crippen LogP contribution is -2.00. The molecular formula is C16H21N5. The van der Waals surface area contributed by atoms with Crippen molar-refractivity contribution in [3.8, 4) is 11.4 Å². The number of aromatic nitrogens is 4. The van der Waals surface area contributed by atoms with E-state index in [2.05, 4.69) is 34.8 Å². The van der Waals surface area contributed by atoms with Gasteiger partial charge in [-0.1, -0.05) is 13.0 Å². The Hall–Kier alpha value is -2.14. The van der Waals surface area contributed by atoms with Crippen molar-refractivity contribution in [2.75, 3.05) is 0 Å². The molecule has 0 saturated heterocycles. The molecule has 5 heteroatoms. The zero-order valence-electron chi connectivity index (χ0n) is 12.8. The number of nitrogens with two attached hydrogens (primary N) is 1. The van der Waals surface area contributed by atoms with Crippen molar-refractivity contribution in [3.63, 3.8) is 0 Å². The maximum absolute atomic E-state index is 5.74. The van der Waals surface area contributed by atoms with Gasteiger partial charge in [0.1, 0.15) is 5.82 Å². The summed E-state index contributed by atoms with van der Waals surface area (Å²) in [7, 11) is 1.94. The van der Waals surface area contributed by atoms with E-state index in [1.165, 1.54) is 0 Å². The van der Waals surface area contributed by atoms with E-state index in [-0.39, 0.29) is 0 Å². The summed E-state index contributed by atoms with van der Waals surface area (Å²) in [6, 6.07) is 6.28. The molecule has 5 nitrogen and oxygen atoms in total. The Morgan fingerprint density at radius 2 is 2.10 bits per heavy atom. The van der Waals surface area contributed by atoms with Gasteiger partial charge in [-0.2, -0.15) is 5.10 Å². The highest BCUT2D eigenvalue weighted by Crippen LogP contribution is 2.27. The van der Waals surface area contributed by atoms with Crippen LogP contribution in [-0.2, 0) is 20.1 Å². The van der Waals surface area contributed by atoms with Gasteiger partial charge in [0, 0.05) is 26.3 Å². The van der Waals surface area contributed by atoms with Crippen molar-refractivity contribution in [2.24, 2.45) is 12.8 Å². The fourth-order valence-electron chi connectivity index (χ4n) is 2.78. The van der Waals surface area contributed by atoms with Crippen LogP contribution in [-0.4, -0.2) is 19.3 Å². The molecule has 0 aliphatic rings. The van der Waals surface area contributed by atoms with Gasteiger partial charge in [0.05, 0.1) is 22.3 Å². The van der Waals surface area contributed by atoms with Gasteiger partial charge in [-0.25, -0.2) is 4.98 Å². The van der Waals surface area contributed by atoms with E-state index in [4.69, 9.17) is 10.7 Å². The topological polar surface area (TPSA) is 61.7 Å². The van der Waals surface area contributed by atoms with Gasteiger partial charge in [0.15, 0.2) is 0 Å². The minimum absolute atomic E-state index is 0.540. The molecule has 0 saturated carbocycles. The summed E-state index contributed by atoms with van der Waals surface area (Å²) in [5, 5.41) is 4.44. The number of imidazole rings is 1. The first-order valence-electron chi connectivity index (χ1n) is 7.34. The van der Waals surface area contributed by atoms with Gasteiger partial charge in [0.25, 0.3) is 0 Å². The third-order valence-electron chi connectivity index (χ3n) is 3.75. The van der Waals surface area contributed by atoms with E-state index in [0.717, 1.165) is 46.6 Å². The van der Waals surface area contributed by atoms with Crippen molar-refractivity contribution in [1.29, 1.82) is 0 Å². The maximum atomic E-state index is 5.74. The molecule has 2 heterocycles. The van der Waals surface area contributed by atoms with Gasteiger partial charge < -0.3 is 10.3 Å². The van der Waals surface area contributed by atoms with Crippen LogP contribution in [0.1, 0.15) is 24.6 Å². The summed E-state index contributed by atoms with van der Waals surface area (Å²) < 4.78 is 4.12. The van der Waals surface area contributed by atoms with Crippen LogP contribution in [0.3, 0.4) is 0 Å². The van der Waals surface area contributed by atoms with Crippen molar-refractivity contribution in [1.82, 2.24) is 19.3 Å². The summed E-state index contributed by atoms with van der Waals surface area (Å²) in [6.45, 7) is 5.69. The Morgan fingerprint density at radius 3 is 2.71 bits per heavy atom. The normalized spacial score (nSPS) is 11.4. The van der Waals surface area contributed by atoms with Gasteiger partial charge in [0.2, 0.25) is 0 Å². The zero-order valence-corrected chi connectivity index (χ0v) is 12.8. The number of hydrogen-bond acceptors (Lipinski definition) is 3. The second-order valence-corrected chi connectivity index (χ2v) is 5.42. The largest absolute Gasteiger partial charge is 0.326 e. The third-order valence-corrected chi connectivity index (χ3v) is 3.75. The maximum Gasteiger partial charge on any atom is 0.144 e. The van der Waals surface area contributed by atoms with E-state index in [1.54, 1.807) is 0 Å². The third kappa shape index (κ3) is 2.34. The van der Waals surface area contributed by atoms with Crippen LogP contribution in [0.4, 0.5) is 0 Å². The molecule has 0 radical (unpaired) electrons. The molecule has 3 rings (SSSR count). The Balaban J connectivity index is 2.25. The molecule has 3 aromatic rings. The summed E-state index contributed by atoms with van der Waals surface area (Å²) in [5.74, 6) is 0.992. The number of aryl methyl sites for hydroxylation is 3. The van der Waals surface area contributed by atoms with E-state index in [1.807, 2.05) is 24.9 Å². The molecular weight excluding hydrogens is 262 g/mol. The van der Waals surface area contributed by atoms with Crippen molar-refractivity contribution >= 4 is 11.0 Å². The van der Waals surface area contributed by atoms with Crippen molar-refractivity contribution in [3.05, 3.63) is 35.7 Å². The van der Waals surface area contributed by atoms with E-state index in [9.17, 15) is 0 Å². The highest BCUT2D eigenvalue weighted by molar-refractivity contribution is 5.81. The highest BCUT2D eigenvalue weighted by atomic mass is 15.3. The van der Waals surface area contributed by atoms with Crippen LogP contribution in [0, 0.1) is 6.92 Å². The minimum Gasteiger partial charge on any atom is -0.326 e. The Bertz CT molecular complexity index is 781. The molecule has 0 fully saturated rings. The lowest BCUT2D eigenvalue weighted by Gasteiger charge is -2.07.